The maximum atomic E-state index is 13.1. The molecule has 5 rings (SSSR count). The number of hydrogen-bond acceptors (Lipinski definition) is 4. The lowest BCUT2D eigenvalue weighted by Crippen LogP contribution is -2.22. The van der Waals surface area contributed by atoms with Gasteiger partial charge in [0.15, 0.2) is 5.43 Å². The van der Waals surface area contributed by atoms with Crippen molar-refractivity contribution in [2.24, 2.45) is 0 Å². The van der Waals surface area contributed by atoms with Crippen molar-refractivity contribution >= 4 is 45.0 Å². The number of carbonyl (C=O) groups excluding carboxylic acids is 1. The van der Waals surface area contributed by atoms with Gasteiger partial charge >= 0.3 is 0 Å². The Bertz CT molecular complexity index is 1430. The quantitative estimate of drug-likeness (QED) is 0.437. The van der Waals surface area contributed by atoms with E-state index in [-0.39, 0.29) is 17.9 Å². The summed E-state index contributed by atoms with van der Waals surface area (Å²) in [5.74, 6) is -0.261. The third-order valence-electron chi connectivity index (χ3n) is 5.08. The Balaban J connectivity index is 1.57. The summed E-state index contributed by atoms with van der Waals surface area (Å²) in [7, 11) is 0. The van der Waals surface area contributed by atoms with Crippen LogP contribution in [0.4, 0.5) is 5.69 Å². The van der Waals surface area contributed by atoms with E-state index in [9.17, 15) is 9.59 Å². The number of para-hydroxylation sites is 2. The summed E-state index contributed by atoms with van der Waals surface area (Å²) < 4.78 is 3.40. The highest BCUT2D eigenvalue weighted by Gasteiger charge is 2.15. The minimum atomic E-state index is -0.261. The normalized spacial score (nSPS) is 11.1. The first-order valence-corrected chi connectivity index (χ1v) is 9.94. The molecule has 2 heterocycles. The molecule has 0 saturated carbocycles. The first-order valence-electron chi connectivity index (χ1n) is 9.56. The Kier molecular flexibility index (Phi) is 4.72. The summed E-state index contributed by atoms with van der Waals surface area (Å²) in [5.41, 5.74) is 2.50. The summed E-state index contributed by atoms with van der Waals surface area (Å²) >= 11 is 6.16. The highest BCUT2D eigenvalue weighted by molar-refractivity contribution is 6.31. The molecule has 1 N–H and O–H groups in total. The molecule has 0 aliphatic heterocycles. The van der Waals surface area contributed by atoms with Crippen LogP contribution in [0, 0.1) is 0 Å². The van der Waals surface area contributed by atoms with Gasteiger partial charge in [0.25, 0.3) is 0 Å². The van der Waals surface area contributed by atoms with Gasteiger partial charge in [-0.15, -0.1) is 0 Å². The van der Waals surface area contributed by atoms with Crippen molar-refractivity contribution in [2.75, 3.05) is 5.32 Å². The number of nitrogens with zero attached hydrogens (tertiary/aromatic N) is 4. The van der Waals surface area contributed by atoms with Crippen LogP contribution in [-0.2, 0) is 11.3 Å². The molecule has 7 nitrogen and oxygen atoms in total. The Labute approximate surface area is 181 Å². The molecule has 0 saturated heterocycles. The summed E-state index contributed by atoms with van der Waals surface area (Å²) in [6, 6.07) is 19.7. The van der Waals surface area contributed by atoms with Crippen LogP contribution >= 0.6 is 11.6 Å². The molecule has 0 bridgehead atoms. The fourth-order valence-electron chi connectivity index (χ4n) is 3.72. The second kappa shape index (κ2) is 7.70. The summed E-state index contributed by atoms with van der Waals surface area (Å²) in [6.07, 6.45) is 2.96. The molecule has 0 radical (unpaired) electrons. The second-order valence-corrected chi connectivity index (χ2v) is 7.44. The van der Waals surface area contributed by atoms with E-state index in [1.807, 2.05) is 41.0 Å². The predicted octanol–water partition coefficient (Wildman–Crippen LogP) is 4.03. The standard InChI is InChI=1S/C23H16ClN5O2/c24-15-9-10-21(29-14-25-13-26-29)18(11-15)27-22(30)12-28-19-7-3-1-5-16(19)23(31)17-6-2-4-8-20(17)28/h1-11,13-14H,12H2,(H,27,30). The van der Waals surface area contributed by atoms with Gasteiger partial charge in [0.1, 0.15) is 19.2 Å². The molecule has 0 atom stereocenters. The first-order chi connectivity index (χ1) is 15.1. The van der Waals surface area contributed by atoms with Crippen LogP contribution in [0.3, 0.4) is 0 Å². The van der Waals surface area contributed by atoms with Gasteiger partial charge in [-0.3, -0.25) is 9.59 Å². The molecule has 2 aromatic heterocycles. The molecule has 31 heavy (non-hydrogen) atoms. The third-order valence-corrected chi connectivity index (χ3v) is 5.31. The van der Waals surface area contributed by atoms with Gasteiger partial charge in [-0.05, 0) is 42.5 Å². The Morgan fingerprint density at radius 1 is 0.968 bits per heavy atom. The van der Waals surface area contributed by atoms with Crippen LogP contribution in [-0.4, -0.2) is 25.2 Å². The van der Waals surface area contributed by atoms with Crippen molar-refractivity contribution in [3.63, 3.8) is 0 Å². The molecule has 152 valence electrons. The van der Waals surface area contributed by atoms with Crippen LogP contribution in [0.5, 0.6) is 0 Å². The van der Waals surface area contributed by atoms with Crippen LogP contribution in [0.15, 0.2) is 84.2 Å². The minimum Gasteiger partial charge on any atom is -0.331 e. The van der Waals surface area contributed by atoms with Gasteiger partial charge in [-0.25, -0.2) is 9.67 Å². The zero-order valence-corrected chi connectivity index (χ0v) is 17.0. The van der Waals surface area contributed by atoms with Crippen LogP contribution in [0.25, 0.3) is 27.5 Å². The number of halogens is 1. The molecule has 3 aromatic carbocycles. The summed E-state index contributed by atoms with van der Waals surface area (Å²) in [4.78, 5) is 29.9. The molecule has 0 aliphatic carbocycles. The van der Waals surface area contributed by atoms with Gasteiger partial charge < -0.3 is 9.88 Å². The lowest BCUT2D eigenvalue weighted by molar-refractivity contribution is -0.116. The summed E-state index contributed by atoms with van der Waals surface area (Å²) in [6.45, 7) is 0.0185. The van der Waals surface area contributed by atoms with Gasteiger partial charge in [0, 0.05) is 15.8 Å². The topological polar surface area (TPSA) is 81.8 Å². The van der Waals surface area contributed by atoms with Crippen molar-refractivity contribution in [1.29, 1.82) is 0 Å². The number of fused-ring (bicyclic) bond motifs is 2. The fraction of sp³-hybridized carbons (Fsp3) is 0.0435. The van der Waals surface area contributed by atoms with E-state index in [0.29, 0.717) is 38.2 Å². The molecular formula is C23H16ClN5O2. The lowest BCUT2D eigenvalue weighted by atomic mass is 10.1. The van der Waals surface area contributed by atoms with Crippen molar-refractivity contribution in [3.05, 3.63) is 94.6 Å². The third kappa shape index (κ3) is 3.45. The van der Waals surface area contributed by atoms with Crippen LogP contribution in [0.1, 0.15) is 0 Å². The number of benzene rings is 3. The molecule has 8 heteroatoms. The average Bonchev–Trinajstić information content (AvgIpc) is 3.31. The Morgan fingerprint density at radius 2 is 1.65 bits per heavy atom. The predicted molar refractivity (Wildman–Crippen MR) is 121 cm³/mol. The van der Waals surface area contributed by atoms with E-state index in [1.54, 1.807) is 41.3 Å². The van der Waals surface area contributed by atoms with Gasteiger partial charge in [-0.1, -0.05) is 35.9 Å². The van der Waals surface area contributed by atoms with Gasteiger partial charge in [0.05, 0.1) is 22.4 Å². The highest BCUT2D eigenvalue weighted by Crippen LogP contribution is 2.25. The maximum absolute atomic E-state index is 13.1. The van der Waals surface area contributed by atoms with E-state index in [1.165, 1.54) is 6.33 Å². The average molecular weight is 430 g/mol. The highest BCUT2D eigenvalue weighted by atomic mass is 35.5. The first kappa shape index (κ1) is 19.0. The number of pyridine rings is 1. The number of nitrogens with one attached hydrogen (secondary N) is 1. The minimum absolute atomic E-state index is 0.0185. The Morgan fingerprint density at radius 3 is 2.29 bits per heavy atom. The lowest BCUT2D eigenvalue weighted by Gasteiger charge is -2.16. The van der Waals surface area contributed by atoms with Crippen LogP contribution in [0.2, 0.25) is 5.02 Å². The van der Waals surface area contributed by atoms with Gasteiger partial charge in [-0.2, -0.15) is 5.10 Å². The van der Waals surface area contributed by atoms with E-state index in [0.717, 1.165) is 0 Å². The fourth-order valence-corrected chi connectivity index (χ4v) is 3.89. The monoisotopic (exact) mass is 429 g/mol. The molecular weight excluding hydrogens is 414 g/mol. The van der Waals surface area contributed by atoms with Crippen molar-refractivity contribution in [1.82, 2.24) is 19.3 Å². The SMILES string of the molecule is O=C(Cn1c2ccccc2c(=O)c2ccccc21)Nc1cc(Cl)ccc1-n1cncn1. The number of carbonyl (C=O) groups is 1. The maximum Gasteiger partial charge on any atom is 0.244 e. The van der Waals surface area contributed by atoms with E-state index in [2.05, 4.69) is 15.4 Å². The van der Waals surface area contributed by atoms with E-state index < -0.39 is 0 Å². The van der Waals surface area contributed by atoms with Crippen LogP contribution < -0.4 is 10.7 Å². The largest absolute Gasteiger partial charge is 0.331 e. The smallest absolute Gasteiger partial charge is 0.244 e. The number of anilines is 1. The van der Waals surface area contributed by atoms with Crippen molar-refractivity contribution in [2.45, 2.75) is 6.54 Å². The Hall–Kier alpha value is -3.97. The zero-order valence-electron chi connectivity index (χ0n) is 16.2. The van der Waals surface area contributed by atoms with Crippen molar-refractivity contribution < 1.29 is 4.79 Å². The van der Waals surface area contributed by atoms with Crippen molar-refractivity contribution in [3.8, 4) is 5.69 Å². The number of rotatable bonds is 4. The van der Waals surface area contributed by atoms with E-state index in [4.69, 9.17) is 11.6 Å². The molecule has 0 fully saturated rings. The number of aromatic nitrogens is 4. The van der Waals surface area contributed by atoms with E-state index >= 15 is 0 Å². The molecule has 5 aromatic rings. The zero-order chi connectivity index (χ0) is 21.4. The molecule has 1 amide bonds. The number of amides is 1. The van der Waals surface area contributed by atoms with Gasteiger partial charge in [0.2, 0.25) is 5.91 Å². The molecule has 0 unspecified atom stereocenters. The number of hydrogen-bond donors (Lipinski definition) is 1. The summed E-state index contributed by atoms with van der Waals surface area (Å²) in [5, 5.41) is 8.68. The second-order valence-electron chi connectivity index (χ2n) is 7.00. The molecule has 0 spiro atoms. The molecule has 0 aliphatic rings.